The normalized spacial score (nSPS) is 13.0. The molecule has 26 heavy (non-hydrogen) atoms. The summed E-state index contributed by atoms with van der Waals surface area (Å²) in [6.45, 7) is 14.5. The highest BCUT2D eigenvalue weighted by Crippen LogP contribution is 2.24. The highest BCUT2D eigenvalue weighted by atomic mass is 15.3. The third kappa shape index (κ3) is 3.61. The second-order valence-electron chi connectivity index (χ2n) is 7.75. The minimum absolute atomic E-state index is 0.0437. The van der Waals surface area contributed by atoms with E-state index in [2.05, 4.69) is 59.4 Å². The van der Waals surface area contributed by atoms with E-state index in [1.54, 1.807) is 17.1 Å². The molecule has 1 N–H and O–H groups in total. The molecular formula is C19H27N7. The van der Waals surface area contributed by atoms with Gasteiger partial charge in [0.2, 0.25) is 0 Å². The van der Waals surface area contributed by atoms with Crippen molar-refractivity contribution in [2.24, 2.45) is 0 Å². The summed E-state index contributed by atoms with van der Waals surface area (Å²) in [6, 6.07) is 2.09. The van der Waals surface area contributed by atoms with Crippen molar-refractivity contribution in [3.8, 4) is 5.82 Å². The lowest BCUT2D eigenvalue weighted by molar-refractivity contribution is 0.354. The van der Waals surface area contributed by atoms with E-state index in [0.717, 1.165) is 22.6 Å². The predicted molar refractivity (Wildman–Crippen MR) is 103 cm³/mol. The van der Waals surface area contributed by atoms with E-state index in [4.69, 9.17) is 0 Å². The molecule has 0 aliphatic heterocycles. The van der Waals surface area contributed by atoms with Gasteiger partial charge in [-0.2, -0.15) is 10.2 Å². The van der Waals surface area contributed by atoms with Gasteiger partial charge >= 0.3 is 0 Å². The first kappa shape index (κ1) is 18.1. The maximum atomic E-state index is 4.67. The number of nitrogens with one attached hydrogen (secondary N) is 1. The van der Waals surface area contributed by atoms with Gasteiger partial charge in [0.15, 0.2) is 5.82 Å². The Morgan fingerprint density at radius 3 is 2.38 bits per heavy atom. The molecule has 1 unspecified atom stereocenters. The third-order valence-corrected chi connectivity index (χ3v) is 4.30. The van der Waals surface area contributed by atoms with E-state index in [1.807, 2.05) is 31.5 Å². The number of nitrogens with zero attached hydrogens (tertiary/aromatic N) is 6. The topological polar surface area (TPSA) is 73.5 Å². The van der Waals surface area contributed by atoms with E-state index in [1.165, 1.54) is 0 Å². The van der Waals surface area contributed by atoms with Crippen LogP contribution in [-0.4, -0.2) is 29.5 Å². The van der Waals surface area contributed by atoms with Crippen LogP contribution in [0.15, 0.2) is 24.7 Å². The first-order valence-corrected chi connectivity index (χ1v) is 8.84. The molecule has 7 nitrogen and oxygen atoms in total. The molecule has 3 heterocycles. The fourth-order valence-electron chi connectivity index (χ4n) is 2.93. The molecule has 138 valence electrons. The van der Waals surface area contributed by atoms with Crippen molar-refractivity contribution in [2.75, 3.05) is 5.32 Å². The van der Waals surface area contributed by atoms with E-state index < -0.39 is 0 Å². The molecule has 0 saturated heterocycles. The Hall–Kier alpha value is -2.70. The van der Waals surface area contributed by atoms with E-state index in [9.17, 15) is 0 Å². The van der Waals surface area contributed by atoms with Crippen LogP contribution in [0, 0.1) is 20.8 Å². The smallest absolute Gasteiger partial charge is 0.174 e. The average Bonchev–Trinajstić information content (AvgIpc) is 3.09. The second-order valence-corrected chi connectivity index (χ2v) is 7.75. The zero-order chi connectivity index (χ0) is 19.1. The van der Waals surface area contributed by atoms with Gasteiger partial charge in [0.1, 0.15) is 5.82 Å². The molecule has 0 radical (unpaired) electrons. The van der Waals surface area contributed by atoms with Crippen LogP contribution < -0.4 is 5.32 Å². The Morgan fingerprint density at radius 2 is 1.81 bits per heavy atom. The Labute approximate surface area is 154 Å². The van der Waals surface area contributed by atoms with Crippen LogP contribution in [0.5, 0.6) is 0 Å². The van der Waals surface area contributed by atoms with Gasteiger partial charge in [0, 0.05) is 17.5 Å². The first-order valence-electron chi connectivity index (χ1n) is 8.84. The number of rotatable bonds is 4. The number of hydrogen-bond donors (Lipinski definition) is 1. The van der Waals surface area contributed by atoms with Crippen LogP contribution in [0.2, 0.25) is 0 Å². The fourth-order valence-corrected chi connectivity index (χ4v) is 2.93. The number of aromatic nitrogens is 6. The number of hydrogen-bond acceptors (Lipinski definition) is 5. The molecule has 0 aromatic carbocycles. The van der Waals surface area contributed by atoms with Gasteiger partial charge in [0.25, 0.3) is 0 Å². The zero-order valence-electron chi connectivity index (χ0n) is 16.6. The van der Waals surface area contributed by atoms with Gasteiger partial charge in [0.05, 0.1) is 35.4 Å². The van der Waals surface area contributed by atoms with Crippen molar-refractivity contribution < 1.29 is 0 Å². The summed E-state index contributed by atoms with van der Waals surface area (Å²) in [5, 5.41) is 12.6. The Kier molecular flexibility index (Phi) is 4.56. The first-order chi connectivity index (χ1) is 12.1. The minimum atomic E-state index is -0.0437. The number of anilines is 1. The largest absolute Gasteiger partial charge is 0.362 e. The van der Waals surface area contributed by atoms with Crippen LogP contribution in [-0.2, 0) is 5.54 Å². The summed E-state index contributed by atoms with van der Waals surface area (Å²) in [5.74, 6) is 1.42. The van der Waals surface area contributed by atoms with E-state index in [0.29, 0.717) is 11.6 Å². The van der Waals surface area contributed by atoms with Crippen LogP contribution in [0.4, 0.5) is 5.82 Å². The average molecular weight is 353 g/mol. The summed E-state index contributed by atoms with van der Waals surface area (Å²) in [5.41, 5.74) is 4.11. The molecule has 0 bridgehead atoms. The third-order valence-electron chi connectivity index (χ3n) is 4.30. The van der Waals surface area contributed by atoms with E-state index in [-0.39, 0.29) is 11.6 Å². The molecule has 3 aromatic rings. The van der Waals surface area contributed by atoms with Crippen LogP contribution in [0.25, 0.3) is 5.82 Å². The van der Waals surface area contributed by atoms with Crippen LogP contribution in [0.1, 0.15) is 56.4 Å². The molecule has 1 atom stereocenters. The number of aryl methyl sites for hydroxylation is 3. The van der Waals surface area contributed by atoms with Crippen molar-refractivity contribution in [3.63, 3.8) is 0 Å². The molecule has 0 amide bonds. The maximum absolute atomic E-state index is 4.67. The Bertz CT molecular complexity index is 914. The van der Waals surface area contributed by atoms with Crippen molar-refractivity contribution in [3.05, 3.63) is 47.3 Å². The highest BCUT2D eigenvalue weighted by molar-refractivity contribution is 5.40. The molecule has 0 aliphatic carbocycles. The van der Waals surface area contributed by atoms with Crippen LogP contribution in [0.3, 0.4) is 0 Å². The van der Waals surface area contributed by atoms with Gasteiger partial charge in [-0.05, 0) is 54.5 Å². The van der Waals surface area contributed by atoms with Crippen molar-refractivity contribution >= 4 is 5.82 Å². The zero-order valence-corrected chi connectivity index (χ0v) is 16.6. The predicted octanol–water partition coefficient (Wildman–Crippen LogP) is 3.71. The molecule has 3 rings (SSSR count). The van der Waals surface area contributed by atoms with Gasteiger partial charge < -0.3 is 5.32 Å². The van der Waals surface area contributed by atoms with Gasteiger partial charge in [-0.25, -0.2) is 9.67 Å². The fraction of sp³-hybridized carbons (Fsp3) is 0.474. The molecule has 0 fully saturated rings. The molecule has 0 saturated carbocycles. The lowest BCUT2D eigenvalue weighted by Gasteiger charge is -2.19. The lowest BCUT2D eigenvalue weighted by atomic mass is 10.1. The van der Waals surface area contributed by atoms with Gasteiger partial charge in [-0.3, -0.25) is 9.67 Å². The molecule has 0 spiro atoms. The summed E-state index contributed by atoms with van der Waals surface area (Å²) < 4.78 is 3.81. The molecular weight excluding hydrogens is 326 g/mol. The van der Waals surface area contributed by atoms with Gasteiger partial charge in [-0.15, -0.1) is 0 Å². The van der Waals surface area contributed by atoms with Crippen molar-refractivity contribution in [1.82, 2.24) is 29.5 Å². The van der Waals surface area contributed by atoms with Crippen molar-refractivity contribution in [2.45, 2.75) is 60.0 Å². The van der Waals surface area contributed by atoms with Gasteiger partial charge in [-0.1, -0.05) is 0 Å². The molecule has 0 aliphatic rings. The molecule has 7 heteroatoms. The highest BCUT2D eigenvalue weighted by Gasteiger charge is 2.19. The summed E-state index contributed by atoms with van der Waals surface area (Å²) in [4.78, 5) is 8.99. The SMILES string of the molecule is Cc1cc(C)n(-c2cncc(NC(C)c3cn(C(C)(C)C)nc3C)n2)n1. The van der Waals surface area contributed by atoms with Crippen LogP contribution >= 0.6 is 0 Å². The summed E-state index contributed by atoms with van der Waals surface area (Å²) in [7, 11) is 0. The monoisotopic (exact) mass is 353 g/mol. The summed E-state index contributed by atoms with van der Waals surface area (Å²) in [6.07, 6.45) is 5.55. The standard InChI is InChI=1S/C19H27N7/c1-12-8-13(2)26(23-12)18-10-20-9-17(22-18)21-14(3)16-11-25(19(5,6)7)24-15(16)4/h8-11,14H,1-7H3,(H,21,22). The quantitative estimate of drug-likeness (QED) is 0.774. The minimum Gasteiger partial charge on any atom is -0.362 e. The Balaban J connectivity index is 1.84. The molecule has 3 aromatic heterocycles. The van der Waals surface area contributed by atoms with Crippen molar-refractivity contribution in [1.29, 1.82) is 0 Å². The second kappa shape index (κ2) is 6.55. The Morgan fingerprint density at radius 1 is 1.08 bits per heavy atom. The summed E-state index contributed by atoms with van der Waals surface area (Å²) >= 11 is 0. The lowest BCUT2D eigenvalue weighted by Crippen LogP contribution is -2.22. The maximum Gasteiger partial charge on any atom is 0.174 e. The van der Waals surface area contributed by atoms with E-state index >= 15 is 0 Å².